The Morgan fingerprint density at radius 2 is 2.08 bits per heavy atom. The average molecular weight is 348 g/mol. The summed E-state index contributed by atoms with van der Waals surface area (Å²) in [5.74, 6) is -0.478. The minimum atomic E-state index is -0.847. The quantitative estimate of drug-likeness (QED) is 0.859. The molecule has 2 saturated heterocycles. The lowest BCUT2D eigenvalue weighted by Crippen LogP contribution is -2.47. The van der Waals surface area contributed by atoms with E-state index in [0.717, 1.165) is 18.9 Å². The van der Waals surface area contributed by atoms with Crippen molar-refractivity contribution in [2.24, 2.45) is 11.8 Å². The molecule has 0 spiro atoms. The van der Waals surface area contributed by atoms with E-state index in [2.05, 4.69) is 15.2 Å². The van der Waals surface area contributed by atoms with E-state index in [4.69, 9.17) is 4.74 Å². The number of carbonyl (C=O) groups excluding carboxylic acids is 1. The number of urea groups is 1. The molecule has 136 valence electrons. The molecule has 8 nitrogen and oxygen atoms in total. The topological polar surface area (TPSA) is 95.0 Å². The van der Waals surface area contributed by atoms with Crippen LogP contribution in [0.4, 0.5) is 16.3 Å². The fourth-order valence-corrected chi connectivity index (χ4v) is 3.41. The molecular formula is C17H24N4O4. The number of piperidine rings is 1. The predicted molar refractivity (Wildman–Crippen MR) is 92.8 cm³/mol. The highest BCUT2D eigenvalue weighted by Gasteiger charge is 2.32. The van der Waals surface area contributed by atoms with Gasteiger partial charge in [0.25, 0.3) is 0 Å². The molecule has 1 aromatic heterocycles. The van der Waals surface area contributed by atoms with Crippen molar-refractivity contribution in [3.8, 4) is 0 Å². The third-order valence-corrected chi connectivity index (χ3v) is 4.64. The molecule has 0 radical (unpaired) electrons. The molecule has 2 amide bonds. The summed E-state index contributed by atoms with van der Waals surface area (Å²) >= 11 is 0. The van der Waals surface area contributed by atoms with Crippen LogP contribution in [-0.4, -0.2) is 66.4 Å². The van der Waals surface area contributed by atoms with E-state index in [9.17, 15) is 14.7 Å². The van der Waals surface area contributed by atoms with Crippen molar-refractivity contribution in [1.82, 2.24) is 9.88 Å². The zero-order chi connectivity index (χ0) is 17.8. The van der Waals surface area contributed by atoms with Gasteiger partial charge in [-0.25, -0.2) is 9.78 Å². The Hall–Kier alpha value is -2.35. The molecule has 0 bridgehead atoms. The minimum absolute atomic E-state index is 0.160. The van der Waals surface area contributed by atoms with Gasteiger partial charge in [0.05, 0.1) is 24.8 Å². The number of ether oxygens (including phenoxy) is 1. The second-order valence-corrected chi connectivity index (χ2v) is 6.69. The molecule has 0 saturated carbocycles. The Kier molecular flexibility index (Phi) is 5.37. The Morgan fingerprint density at radius 1 is 1.32 bits per heavy atom. The number of hydrogen-bond acceptors (Lipinski definition) is 5. The van der Waals surface area contributed by atoms with Gasteiger partial charge in [0, 0.05) is 32.4 Å². The normalized spacial score (nSPS) is 24.0. The fraction of sp³-hybridized carbons (Fsp3) is 0.588. The summed E-state index contributed by atoms with van der Waals surface area (Å²) in [5, 5.41) is 12.2. The van der Waals surface area contributed by atoms with Crippen LogP contribution in [0.3, 0.4) is 0 Å². The second-order valence-electron chi connectivity index (χ2n) is 6.69. The van der Waals surface area contributed by atoms with Crippen molar-refractivity contribution < 1.29 is 19.4 Å². The van der Waals surface area contributed by atoms with Crippen LogP contribution in [-0.2, 0) is 9.53 Å². The van der Waals surface area contributed by atoms with Crippen LogP contribution in [0, 0.1) is 11.8 Å². The van der Waals surface area contributed by atoms with Crippen molar-refractivity contribution in [2.45, 2.75) is 13.3 Å². The molecule has 2 aliphatic rings. The summed E-state index contributed by atoms with van der Waals surface area (Å²) in [6.45, 7) is 5.48. The number of amides is 2. The highest BCUT2D eigenvalue weighted by atomic mass is 16.5. The Morgan fingerprint density at radius 3 is 2.80 bits per heavy atom. The van der Waals surface area contributed by atoms with Gasteiger partial charge in [-0.2, -0.15) is 0 Å². The van der Waals surface area contributed by atoms with E-state index in [-0.39, 0.29) is 18.5 Å². The number of carboxylic acids is 1. The number of aromatic nitrogens is 1. The highest BCUT2D eigenvalue weighted by Crippen LogP contribution is 2.26. The first-order valence-corrected chi connectivity index (χ1v) is 8.61. The predicted octanol–water partition coefficient (Wildman–Crippen LogP) is 1.49. The molecule has 1 aromatic rings. The number of likely N-dealkylation sites (tertiary alicyclic amines) is 1. The molecule has 3 rings (SSSR count). The van der Waals surface area contributed by atoms with Gasteiger partial charge >= 0.3 is 12.0 Å². The first-order chi connectivity index (χ1) is 12.0. The summed E-state index contributed by atoms with van der Waals surface area (Å²) in [7, 11) is 0. The second kappa shape index (κ2) is 7.69. The maximum absolute atomic E-state index is 12.7. The zero-order valence-electron chi connectivity index (χ0n) is 14.4. The molecule has 25 heavy (non-hydrogen) atoms. The average Bonchev–Trinajstić information content (AvgIpc) is 2.62. The first kappa shape index (κ1) is 17.5. The molecule has 2 fully saturated rings. The van der Waals surface area contributed by atoms with Crippen molar-refractivity contribution in [2.75, 3.05) is 49.6 Å². The van der Waals surface area contributed by atoms with Gasteiger partial charge in [0.2, 0.25) is 0 Å². The number of hydrogen-bond donors (Lipinski definition) is 2. The summed E-state index contributed by atoms with van der Waals surface area (Å²) in [5.41, 5.74) is 0.638. The summed E-state index contributed by atoms with van der Waals surface area (Å²) in [4.78, 5) is 32.0. The van der Waals surface area contributed by atoms with Crippen LogP contribution in [0.2, 0.25) is 0 Å². The van der Waals surface area contributed by atoms with Crippen LogP contribution in [0.1, 0.15) is 13.3 Å². The SMILES string of the molecule is CC1CC(C(=O)O)CN(C(=O)Nc2cccnc2N2CCOCC2)C1. The van der Waals surface area contributed by atoms with Crippen LogP contribution in [0.5, 0.6) is 0 Å². The van der Waals surface area contributed by atoms with E-state index >= 15 is 0 Å². The Labute approximate surface area is 146 Å². The number of carbonyl (C=O) groups is 2. The third kappa shape index (κ3) is 4.19. The molecule has 2 atom stereocenters. The summed E-state index contributed by atoms with van der Waals surface area (Å²) in [6.07, 6.45) is 2.30. The number of nitrogens with zero attached hydrogens (tertiary/aromatic N) is 3. The molecular weight excluding hydrogens is 324 g/mol. The summed E-state index contributed by atoms with van der Waals surface area (Å²) in [6, 6.07) is 3.32. The van der Waals surface area contributed by atoms with Crippen LogP contribution in [0.25, 0.3) is 0 Å². The summed E-state index contributed by atoms with van der Waals surface area (Å²) < 4.78 is 5.36. The molecule has 8 heteroatoms. The van der Waals surface area contributed by atoms with Gasteiger partial charge in [-0.1, -0.05) is 6.92 Å². The molecule has 3 heterocycles. The molecule has 2 N–H and O–H groups in total. The minimum Gasteiger partial charge on any atom is -0.481 e. The molecule has 2 unspecified atom stereocenters. The van der Waals surface area contributed by atoms with Crippen molar-refractivity contribution in [3.05, 3.63) is 18.3 Å². The maximum Gasteiger partial charge on any atom is 0.321 e. The molecule has 0 aromatic carbocycles. The van der Waals surface area contributed by atoms with Gasteiger partial charge < -0.3 is 25.0 Å². The number of morpholine rings is 1. The number of aliphatic carboxylic acids is 1. The van der Waals surface area contributed by atoms with Crippen LogP contribution in [0.15, 0.2) is 18.3 Å². The van der Waals surface area contributed by atoms with Crippen molar-refractivity contribution in [3.63, 3.8) is 0 Å². The van der Waals surface area contributed by atoms with Crippen LogP contribution >= 0.6 is 0 Å². The highest BCUT2D eigenvalue weighted by molar-refractivity contribution is 5.92. The van der Waals surface area contributed by atoms with Gasteiger partial charge in [-0.3, -0.25) is 4.79 Å². The van der Waals surface area contributed by atoms with Gasteiger partial charge in [-0.15, -0.1) is 0 Å². The molecule has 2 aliphatic heterocycles. The van der Waals surface area contributed by atoms with Crippen LogP contribution < -0.4 is 10.2 Å². The fourth-order valence-electron chi connectivity index (χ4n) is 3.41. The lowest BCUT2D eigenvalue weighted by atomic mass is 9.91. The van der Waals surface area contributed by atoms with E-state index in [0.29, 0.717) is 31.9 Å². The van der Waals surface area contributed by atoms with E-state index in [1.54, 1.807) is 17.2 Å². The van der Waals surface area contributed by atoms with E-state index in [1.807, 2.05) is 13.0 Å². The smallest absolute Gasteiger partial charge is 0.321 e. The number of carboxylic acid groups (broad SMARTS) is 1. The monoisotopic (exact) mass is 348 g/mol. The standard InChI is InChI=1S/C17H24N4O4/c1-12-9-13(16(22)23)11-21(10-12)17(24)19-14-3-2-4-18-15(14)20-5-7-25-8-6-20/h2-4,12-13H,5-11H2,1H3,(H,19,24)(H,22,23). The van der Waals surface area contributed by atoms with Gasteiger partial charge in [-0.05, 0) is 24.5 Å². The van der Waals surface area contributed by atoms with Crippen molar-refractivity contribution >= 4 is 23.5 Å². The number of anilines is 2. The number of nitrogens with one attached hydrogen (secondary N) is 1. The van der Waals surface area contributed by atoms with E-state index in [1.165, 1.54) is 0 Å². The lowest BCUT2D eigenvalue weighted by Gasteiger charge is -2.35. The number of rotatable bonds is 3. The maximum atomic E-state index is 12.7. The third-order valence-electron chi connectivity index (χ3n) is 4.64. The van der Waals surface area contributed by atoms with Crippen molar-refractivity contribution in [1.29, 1.82) is 0 Å². The Bertz CT molecular complexity index is 633. The van der Waals surface area contributed by atoms with E-state index < -0.39 is 11.9 Å². The molecule has 0 aliphatic carbocycles. The van der Waals surface area contributed by atoms with Gasteiger partial charge in [0.15, 0.2) is 5.82 Å². The largest absolute Gasteiger partial charge is 0.481 e. The first-order valence-electron chi connectivity index (χ1n) is 8.61. The Balaban J connectivity index is 1.71. The zero-order valence-corrected chi connectivity index (χ0v) is 14.4. The number of pyridine rings is 1. The lowest BCUT2D eigenvalue weighted by molar-refractivity contribution is -0.143. The van der Waals surface area contributed by atoms with Gasteiger partial charge in [0.1, 0.15) is 0 Å².